The van der Waals surface area contributed by atoms with Crippen molar-refractivity contribution in [1.29, 1.82) is 0 Å². The fourth-order valence-corrected chi connectivity index (χ4v) is 3.60. The Morgan fingerprint density at radius 2 is 1.81 bits per heavy atom. The smallest absolute Gasteiger partial charge is 0.294 e. The molecule has 0 unspecified atom stereocenters. The van der Waals surface area contributed by atoms with Crippen LogP contribution in [0.25, 0.3) is 6.08 Å². The van der Waals surface area contributed by atoms with Crippen molar-refractivity contribution >= 4 is 46.5 Å². The zero-order valence-corrected chi connectivity index (χ0v) is 17.8. The highest BCUT2D eigenvalue weighted by Gasteiger charge is 2.36. The number of hydrogen-bond donors (Lipinski definition) is 2. The third-order valence-corrected chi connectivity index (χ3v) is 5.43. The van der Waals surface area contributed by atoms with Crippen LogP contribution < -0.4 is 15.8 Å². The molecule has 0 radical (unpaired) electrons. The van der Waals surface area contributed by atoms with E-state index in [4.69, 9.17) is 10.5 Å². The largest absolute Gasteiger partial charge is 0.484 e. The predicted molar refractivity (Wildman–Crippen MR) is 118 cm³/mol. The van der Waals surface area contributed by atoms with Crippen molar-refractivity contribution in [3.8, 4) is 5.75 Å². The summed E-state index contributed by atoms with van der Waals surface area (Å²) >= 11 is 0.774. The van der Waals surface area contributed by atoms with Crippen molar-refractivity contribution in [1.82, 2.24) is 4.90 Å². The number of rotatable bonds is 7. The van der Waals surface area contributed by atoms with E-state index < -0.39 is 23.0 Å². The molecule has 1 saturated heterocycles. The van der Waals surface area contributed by atoms with Crippen LogP contribution in [-0.2, 0) is 14.4 Å². The summed E-state index contributed by atoms with van der Waals surface area (Å²) in [5.74, 6) is -1.12. The van der Waals surface area contributed by atoms with Gasteiger partial charge < -0.3 is 15.8 Å². The van der Waals surface area contributed by atoms with Crippen molar-refractivity contribution in [3.05, 3.63) is 64.1 Å². The van der Waals surface area contributed by atoms with Gasteiger partial charge in [-0.25, -0.2) is 0 Å². The molecule has 0 bridgehead atoms. The normalized spacial score (nSPS) is 14.8. The first kappa shape index (κ1) is 22.1. The standard InChI is InChI=1S/C22H21N3O5S/c1-13-3-6-16(9-14(13)2)24-20(27)11-25-21(28)18(31-22(25)29)10-15-4-7-17(8-5-15)30-12-19(23)26/h3-10H,11-12H2,1-2H3,(H2,23,26)(H,24,27)/b18-10+. The van der Waals surface area contributed by atoms with Gasteiger partial charge in [0.25, 0.3) is 17.1 Å². The second kappa shape index (κ2) is 9.48. The summed E-state index contributed by atoms with van der Waals surface area (Å²) in [5.41, 5.74) is 8.43. The topological polar surface area (TPSA) is 119 Å². The van der Waals surface area contributed by atoms with Gasteiger partial charge in [0.15, 0.2) is 6.61 Å². The summed E-state index contributed by atoms with van der Waals surface area (Å²) in [6.45, 7) is 3.30. The molecule has 1 heterocycles. The van der Waals surface area contributed by atoms with Crippen molar-refractivity contribution < 1.29 is 23.9 Å². The summed E-state index contributed by atoms with van der Waals surface area (Å²) in [7, 11) is 0. The zero-order valence-electron chi connectivity index (χ0n) is 17.0. The maximum atomic E-state index is 12.6. The number of carbonyl (C=O) groups excluding carboxylic acids is 4. The van der Waals surface area contributed by atoms with Crippen LogP contribution in [0.2, 0.25) is 0 Å². The number of hydrogen-bond acceptors (Lipinski definition) is 6. The van der Waals surface area contributed by atoms with Crippen LogP contribution >= 0.6 is 11.8 Å². The molecule has 0 aliphatic carbocycles. The average molecular weight is 439 g/mol. The number of ether oxygens (including phenoxy) is 1. The van der Waals surface area contributed by atoms with E-state index in [-0.39, 0.29) is 18.1 Å². The maximum Gasteiger partial charge on any atom is 0.294 e. The monoisotopic (exact) mass is 439 g/mol. The number of anilines is 1. The van der Waals surface area contributed by atoms with Crippen LogP contribution in [0.4, 0.5) is 10.5 Å². The molecule has 8 nitrogen and oxygen atoms in total. The van der Waals surface area contributed by atoms with Crippen LogP contribution in [0.3, 0.4) is 0 Å². The zero-order chi connectivity index (χ0) is 22.5. The van der Waals surface area contributed by atoms with Gasteiger partial charge in [-0.05, 0) is 72.6 Å². The maximum absolute atomic E-state index is 12.6. The molecule has 0 aromatic heterocycles. The van der Waals surface area contributed by atoms with Crippen molar-refractivity contribution in [2.45, 2.75) is 13.8 Å². The fraction of sp³-hybridized carbons (Fsp3) is 0.182. The summed E-state index contributed by atoms with van der Waals surface area (Å²) in [6, 6.07) is 12.1. The van der Waals surface area contributed by atoms with Gasteiger partial charge in [-0.3, -0.25) is 24.1 Å². The lowest BCUT2D eigenvalue weighted by Crippen LogP contribution is -2.36. The molecule has 2 aromatic carbocycles. The van der Waals surface area contributed by atoms with E-state index in [0.29, 0.717) is 17.0 Å². The van der Waals surface area contributed by atoms with Gasteiger partial charge in [0.2, 0.25) is 5.91 Å². The molecule has 4 amide bonds. The van der Waals surface area contributed by atoms with Gasteiger partial charge in [-0.1, -0.05) is 18.2 Å². The van der Waals surface area contributed by atoms with E-state index in [9.17, 15) is 19.2 Å². The van der Waals surface area contributed by atoms with Gasteiger partial charge in [-0.15, -0.1) is 0 Å². The van der Waals surface area contributed by atoms with E-state index in [1.165, 1.54) is 0 Å². The van der Waals surface area contributed by atoms with Crippen LogP contribution in [-0.4, -0.2) is 41.0 Å². The number of amides is 4. The number of nitrogens with one attached hydrogen (secondary N) is 1. The number of carbonyl (C=O) groups is 4. The van der Waals surface area contributed by atoms with E-state index in [0.717, 1.165) is 27.8 Å². The van der Waals surface area contributed by atoms with Gasteiger partial charge in [0.1, 0.15) is 12.3 Å². The Morgan fingerprint density at radius 3 is 2.45 bits per heavy atom. The molecule has 3 N–H and O–H groups in total. The lowest BCUT2D eigenvalue weighted by atomic mass is 10.1. The van der Waals surface area contributed by atoms with Crippen LogP contribution in [0, 0.1) is 13.8 Å². The SMILES string of the molecule is Cc1ccc(NC(=O)CN2C(=O)S/C(=C/c3ccc(OCC(N)=O)cc3)C2=O)cc1C. The molecule has 3 rings (SSSR count). The number of nitrogens with two attached hydrogens (primary N) is 1. The minimum absolute atomic E-state index is 0.217. The average Bonchev–Trinajstić information content (AvgIpc) is 2.97. The molecule has 0 saturated carbocycles. The highest BCUT2D eigenvalue weighted by atomic mass is 32.2. The molecular weight excluding hydrogens is 418 g/mol. The highest BCUT2D eigenvalue weighted by Crippen LogP contribution is 2.32. The molecule has 1 aliphatic rings. The minimum Gasteiger partial charge on any atom is -0.484 e. The molecule has 0 atom stereocenters. The Kier molecular flexibility index (Phi) is 6.76. The third-order valence-electron chi connectivity index (χ3n) is 4.52. The first-order valence-electron chi connectivity index (χ1n) is 9.36. The fourth-order valence-electron chi connectivity index (χ4n) is 2.77. The Balaban J connectivity index is 1.63. The van der Waals surface area contributed by atoms with E-state index >= 15 is 0 Å². The molecule has 1 aliphatic heterocycles. The molecular formula is C22H21N3O5S. The molecule has 1 fully saturated rings. The number of nitrogens with zero attached hydrogens (tertiary/aromatic N) is 1. The third kappa shape index (κ3) is 5.73. The summed E-state index contributed by atoms with van der Waals surface area (Å²) < 4.78 is 5.18. The van der Waals surface area contributed by atoms with Crippen molar-refractivity contribution in [3.63, 3.8) is 0 Å². The number of imide groups is 1. The Labute approximate surface area is 183 Å². The lowest BCUT2D eigenvalue weighted by Gasteiger charge is -2.13. The first-order valence-corrected chi connectivity index (χ1v) is 10.2. The molecule has 160 valence electrons. The second-order valence-electron chi connectivity index (χ2n) is 6.94. The van der Waals surface area contributed by atoms with Gasteiger partial charge in [-0.2, -0.15) is 0 Å². The first-order chi connectivity index (χ1) is 14.7. The van der Waals surface area contributed by atoms with Crippen LogP contribution in [0.5, 0.6) is 5.75 Å². The van der Waals surface area contributed by atoms with Crippen molar-refractivity contribution in [2.24, 2.45) is 5.73 Å². The van der Waals surface area contributed by atoms with E-state index in [1.54, 1.807) is 36.4 Å². The quantitative estimate of drug-likeness (QED) is 0.641. The highest BCUT2D eigenvalue weighted by molar-refractivity contribution is 8.18. The van der Waals surface area contributed by atoms with Gasteiger partial charge >= 0.3 is 0 Å². The van der Waals surface area contributed by atoms with Gasteiger partial charge in [0.05, 0.1) is 4.91 Å². The molecule has 9 heteroatoms. The second-order valence-corrected chi connectivity index (χ2v) is 7.93. The van der Waals surface area contributed by atoms with Crippen LogP contribution in [0.15, 0.2) is 47.4 Å². The van der Waals surface area contributed by atoms with Crippen LogP contribution in [0.1, 0.15) is 16.7 Å². The number of primary amides is 1. The molecule has 31 heavy (non-hydrogen) atoms. The van der Waals surface area contributed by atoms with Gasteiger partial charge in [0, 0.05) is 5.69 Å². The number of benzene rings is 2. The predicted octanol–water partition coefficient (Wildman–Crippen LogP) is 2.84. The van der Waals surface area contributed by atoms with E-state index in [1.807, 2.05) is 26.0 Å². The Bertz CT molecular complexity index is 1080. The Hall–Kier alpha value is -3.59. The molecule has 2 aromatic rings. The summed E-state index contributed by atoms with van der Waals surface area (Å²) in [6.07, 6.45) is 1.56. The van der Waals surface area contributed by atoms with E-state index in [2.05, 4.69) is 5.32 Å². The van der Waals surface area contributed by atoms with Crippen molar-refractivity contribution in [2.75, 3.05) is 18.5 Å². The minimum atomic E-state index is -0.584. The number of thioether (sulfide) groups is 1. The Morgan fingerprint density at radius 1 is 1.10 bits per heavy atom. The number of aryl methyl sites for hydroxylation is 2. The summed E-state index contributed by atoms with van der Waals surface area (Å²) in [4.78, 5) is 49.1. The summed E-state index contributed by atoms with van der Waals surface area (Å²) in [5, 5.41) is 2.20. The molecule has 0 spiro atoms. The lowest BCUT2D eigenvalue weighted by molar-refractivity contribution is -0.127.